The summed E-state index contributed by atoms with van der Waals surface area (Å²) in [5, 5.41) is 83.8. The number of aromatic hydroxyl groups is 1. The second kappa shape index (κ2) is 48.8. The lowest BCUT2D eigenvalue weighted by molar-refractivity contribution is -0.147. The number of amides is 13. The zero-order valence-electron chi connectivity index (χ0n) is 73.0. The van der Waals surface area contributed by atoms with Crippen molar-refractivity contribution in [1.82, 2.24) is 78.7 Å². The van der Waals surface area contributed by atoms with Crippen molar-refractivity contribution in [2.24, 2.45) is 41.1 Å². The van der Waals surface area contributed by atoms with E-state index in [2.05, 4.69) is 73.8 Å². The first-order valence-corrected chi connectivity index (χ1v) is 42.6. The lowest BCUT2D eigenvalue weighted by atomic mass is 9.96. The minimum atomic E-state index is -1.91. The molecule has 125 heavy (non-hydrogen) atoms. The Balaban J connectivity index is 1.22. The number of carboxylic acid groups (broad SMARTS) is 3. The van der Waals surface area contributed by atoms with Gasteiger partial charge < -0.3 is 116 Å². The van der Waals surface area contributed by atoms with Gasteiger partial charge in [-0.1, -0.05) is 124 Å². The number of nitrogens with zero attached hydrogens (tertiary/aromatic N) is 1. The van der Waals surface area contributed by atoms with E-state index in [1.807, 2.05) is 0 Å². The minimum absolute atomic E-state index is 0.0180. The second-order valence-corrected chi connectivity index (χ2v) is 34.0. The first-order chi connectivity index (χ1) is 59.0. The molecule has 0 saturated carbocycles. The Morgan fingerprint density at radius 1 is 0.440 bits per heavy atom. The SMILES string of the molecule is CC[C@H](C)[C@H](NC(=O)[C@H](C)N)C(=O)N[C@@H](Cc1c[nH]c2ccccc12)C(=O)N[C@@H](Cc1ccc(O)cc1)C(=O)N[C@@H](CC(=O)O)C(=O)N1CCC[C@H]1C(=O)N[C@@H](CC(C)C)C(=O)N[C@H](C(=O)N[C@@H](CCCCN)C(=O)N[C@@H](CC(C)C)C(=O)N[C@@H](Cc1c[nH]c2ccccc12)C(=O)N[C@@H](CC(C)C)C(=O)N[C@@H](CC(C)C)C(=O)N[C@@H](CC(=O)O)C(=O)O)[C@@H](C)O. The number of hydrogen-bond donors (Lipinski definition) is 21. The molecule has 6 rings (SSSR count). The van der Waals surface area contributed by atoms with Gasteiger partial charge in [0, 0.05) is 60.0 Å². The largest absolute Gasteiger partial charge is 0.508 e. The summed E-state index contributed by atoms with van der Waals surface area (Å²) in [4.78, 5) is 233. The maximum Gasteiger partial charge on any atom is 0.326 e. The van der Waals surface area contributed by atoms with Gasteiger partial charge in [-0.3, -0.25) is 71.9 Å². The van der Waals surface area contributed by atoms with E-state index in [1.165, 1.54) is 38.1 Å². The fourth-order valence-corrected chi connectivity index (χ4v) is 14.7. The number of unbranched alkanes of at least 4 members (excludes halogenated alkanes) is 1. The number of aliphatic hydroxyl groups is 1. The van der Waals surface area contributed by atoms with E-state index >= 15 is 0 Å². The number of aromatic nitrogens is 2. The smallest absolute Gasteiger partial charge is 0.326 e. The lowest BCUT2D eigenvalue weighted by Gasteiger charge is -2.31. The zero-order valence-corrected chi connectivity index (χ0v) is 73.0. The molecule has 23 N–H and O–H groups in total. The number of aromatic amines is 2. The van der Waals surface area contributed by atoms with Gasteiger partial charge >= 0.3 is 17.9 Å². The third kappa shape index (κ3) is 31.6. The van der Waals surface area contributed by atoms with Crippen molar-refractivity contribution < 1.29 is 102 Å². The molecule has 5 aromatic rings. The van der Waals surface area contributed by atoms with Crippen LogP contribution in [0.4, 0.5) is 0 Å². The van der Waals surface area contributed by atoms with E-state index in [-0.39, 0.29) is 113 Å². The summed E-state index contributed by atoms with van der Waals surface area (Å²) < 4.78 is 0. The Bertz CT molecular complexity index is 4560. The van der Waals surface area contributed by atoms with Crippen LogP contribution in [0, 0.1) is 29.6 Å². The quantitative estimate of drug-likeness (QED) is 0.0244. The number of hydrogen-bond acceptors (Lipinski definition) is 20. The highest BCUT2D eigenvalue weighted by atomic mass is 16.4. The van der Waals surface area contributed by atoms with Gasteiger partial charge in [0.15, 0.2) is 0 Å². The number of phenolic OH excluding ortho intramolecular Hbond substituents is 1. The third-order valence-corrected chi connectivity index (χ3v) is 21.5. The van der Waals surface area contributed by atoms with Crippen LogP contribution in [-0.4, -0.2) is 239 Å². The number of carbonyl (C=O) groups is 16. The van der Waals surface area contributed by atoms with Crippen LogP contribution in [0.5, 0.6) is 5.75 Å². The summed E-state index contributed by atoms with van der Waals surface area (Å²) in [6.45, 7) is 20.1. The molecule has 1 saturated heterocycles. The number of aliphatic carboxylic acids is 3. The Morgan fingerprint density at radius 3 is 1.25 bits per heavy atom. The van der Waals surface area contributed by atoms with E-state index in [9.17, 15) is 102 Å². The van der Waals surface area contributed by atoms with Gasteiger partial charge in [-0.05, 0) is 149 Å². The van der Waals surface area contributed by atoms with Gasteiger partial charge in [0.05, 0.1) is 25.0 Å². The number of nitrogens with one attached hydrogen (secondary N) is 14. The van der Waals surface area contributed by atoms with Crippen molar-refractivity contribution in [2.45, 2.75) is 270 Å². The fraction of sp³-hybridized carbons (Fsp3) is 0.563. The number of carboxylic acids is 3. The molecule has 686 valence electrons. The lowest BCUT2D eigenvalue weighted by Crippen LogP contribution is -2.62. The molecule has 0 spiro atoms. The predicted molar refractivity (Wildman–Crippen MR) is 461 cm³/mol. The van der Waals surface area contributed by atoms with E-state index in [0.29, 0.717) is 51.3 Å². The topological polar surface area (TPSA) is 605 Å². The molecule has 13 amide bonds. The van der Waals surface area contributed by atoms with Crippen LogP contribution in [0.1, 0.15) is 177 Å². The summed E-state index contributed by atoms with van der Waals surface area (Å²) in [7, 11) is 0. The molecule has 38 heteroatoms. The molecule has 38 nitrogen and oxygen atoms in total. The van der Waals surface area contributed by atoms with Crippen LogP contribution in [0.25, 0.3) is 21.8 Å². The van der Waals surface area contributed by atoms with Gasteiger partial charge in [0.25, 0.3) is 0 Å². The monoisotopic (exact) mass is 1750 g/mol. The molecule has 1 aliphatic rings. The minimum Gasteiger partial charge on any atom is -0.508 e. The van der Waals surface area contributed by atoms with Gasteiger partial charge in [0.1, 0.15) is 84.3 Å². The van der Waals surface area contributed by atoms with Crippen molar-refractivity contribution in [3.05, 3.63) is 102 Å². The molecule has 2 aromatic heterocycles. The summed E-state index contributed by atoms with van der Waals surface area (Å²) in [6, 6.07) is -1.17. The molecule has 0 bridgehead atoms. The standard InChI is InChI=1S/C87H127N17O21/c1-13-48(10)72(102-74(111)49(11)89)84(121)99-66(39-53-43-91-58-24-17-15-22-56(53)58)81(118)96-64(37-51-27-29-54(106)30-28-51)79(116)100-67(40-70(107)108)86(123)104-32-20-26-69(104)83(120)98-63(36-47(8)9)82(119)103-73(50(12)105)85(122)92-59(25-18-19-31-88)75(112)93-60(33-44(2)3)77(114)97-65(38-52-42-90-57-23-16-14-21-55(52)57)80(117)95-61(34-45(4)5)76(113)94-62(35-46(6)7)78(115)101-68(87(124)125)41-71(109)110/h14-17,21-24,27-30,42-50,59-69,72-73,90-91,105-106H,13,18-20,25-26,31-41,88-89H2,1-12H3,(H,92,122)(H,93,112)(H,94,113)(H,95,117)(H,96,118)(H,97,114)(H,98,120)(H,99,121)(H,100,116)(H,101,115)(H,102,111)(H,103,119)(H,107,108)(H,109,110)(H,124,125)/t48-,49-,50+,59-,60-,61-,62-,63-,64-,65-,66-,67-,68-,69-,72-,73-/m0/s1. The van der Waals surface area contributed by atoms with Crippen molar-refractivity contribution in [3.8, 4) is 5.75 Å². The first kappa shape index (κ1) is 102. The first-order valence-electron chi connectivity index (χ1n) is 42.6. The van der Waals surface area contributed by atoms with Gasteiger partial charge in [-0.2, -0.15) is 0 Å². The van der Waals surface area contributed by atoms with Crippen LogP contribution < -0.4 is 75.3 Å². The maximum absolute atomic E-state index is 15.0. The van der Waals surface area contributed by atoms with E-state index in [4.69, 9.17) is 11.5 Å². The zero-order chi connectivity index (χ0) is 92.8. The average Bonchev–Trinajstić information content (AvgIpc) is 1.73. The van der Waals surface area contributed by atoms with Crippen LogP contribution in [0.3, 0.4) is 0 Å². The number of aliphatic hydroxyl groups excluding tert-OH is 1. The molecule has 16 atom stereocenters. The van der Waals surface area contributed by atoms with Gasteiger partial charge in [0.2, 0.25) is 76.8 Å². The van der Waals surface area contributed by atoms with Crippen molar-refractivity contribution in [2.75, 3.05) is 13.1 Å². The number of rotatable bonds is 51. The molecule has 0 unspecified atom stereocenters. The molecule has 1 aliphatic heterocycles. The number of phenols is 1. The molecule has 1 fully saturated rings. The number of H-pyrrole nitrogens is 2. The molecular weight excluding hydrogens is 1620 g/mol. The number of benzene rings is 3. The van der Waals surface area contributed by atoms with Crippen LogP contribution in [0.15, 0.2) is 85.2 Å². The highest BCUT2D eigenvalue weighted by molar-refractivity contribution is 6.02. The summed E-state index contributed by atoms with van der Waals surface area (Å²) >= 11 is 0. The summed E-state index contributed by atoms with van der Waals surface area (Å²) in [5.41, 5.74) is 14.6. The fourth-order valence-electron chi connectivity index (χ4n) is 14.7. The Kier molecular flexibility index (Phi) is 39.8. The average molecular weight is 1750 g/mol. The second-order valence-electron chi connectivity index (χ2n) is 34.0. The Labute approximate surface area is 726 Å². The van der Waals surface area contributed by atoms with E-state index < -0.39 is 204 Å². The predicted octanol–water partition coefficient (Wildman–Crippen LogP) is 1.31. The van der Waals surface area contributed by atoms with Crippen molar-refractivity contribution in [3.63, 3.8) is 0 Å². The Hall–Kier alpha value is -12.1. The van der Waals surface area contributed by atoms with Crippen LogP contribution in [-0.2, 0) is 96.0 Å². The number of para-hydroxylation sites is 2. The van der Waals surface area contributed by atoms with Gasteiger partial charge in [-0.15, -0.1) is 0 Å². The Morgan fingerprint density at radius 2 is 0.816 bits per heavy atom. The van der Waals surface area contributed by atoms with Crippen molar-refractivity contribution in [1.29, 1.82) is 0 Å². The summed E-state index contributed by atoms with van der Waals surface area (Å²) in [5.74, 6) is -18.5. The molecule has 3 aromatic carbocycles. The number of nitrogens with two attached hydrogens (primary N) is 2. The van der Waals surface area contributed by atoms with E-state index in [1.54, 1.807) is 130 Å². The number of likely N-dealkylation sites (tertiary alicyclic amines) is 1. The highest BCUT2D eigenvalue weighted by Crippen LogP contribution is 2.26. The molecule has 3 heterocycles. The summed E-state index contributed by atoms with van der Waals surface area (Å²) in [6.07, 6.45) is -0.336. The normalized spacial score (nSPS) is 16.3. The van der Waals surface area contributed by atoms with Crippen LogP contribution in [0.2, 0.25) is 0 Å². The number of carbonyl (C=O) groups excluding carboxylic acids is 13. The maximum atomic E-state index is 15.0. The molecule has 0 radical (unpaired) electrons. The highest BCUT2D eigenvalue weighted by Gasteiger charge is 2.43. The molecular formula is C87H127N17O21. The number of fused-ring (bicyclic) bond motifs is 2. The third-order valence-electron chi connectivity index (χ3n) is 21.5. The van der Waals surface area contributed by atoms with E-state index in [0.717, 1.165) is 4.90 Å². The molecule has 0 aliphatic carbocycles. The van der Waals surface area contributed by atoms with Crippen LogP contribution >= 0.6 is 0 Å². The van der Waals surface area contributed by atoms with Gasteiger partial charge in [-0.25, -0.2) is 4.79 Å². The van der Waals surface area contributed by atoms with Crippen molar-refractivity contribution >= 4 is 117 Å².